The van der Waals surface area contributed by atoms with Crippen LogP contribution in [0.4, 0.5) is 23.1 Å². The molecule has 0 bridgehead atoms. The maximum atomic E-state index is 13.3. The van der Waals surface area contributed by atoms with Gasteiger partial charge in [0.25, 0.3) is 5.91 Å². The molecule has 0 radical (unpaired) electrons. The number of amides is 2. The lowest BCUT2D eigenvalue weighted by Crippen LogP contribution is -2.41. The lowest BCUT2D eigenvalue weighted by Gasteiger charge is -2.31. The number of aromatic nitrogens is 2. The van der Waals surface area contributed by atoms with Crippen LogP contribution in [-0.2, 0) is 4.79 Å². The Balaban J connectivity index is 1.40. The minimum absolute atomic E-state index is 0.112. The molecule has 198 valence electrons. The Hall–Kier alpha value is -3.40. The molecule has 2 aromatic rings. The number of unbranched alkanes of at least 4 members (excludes halogenated alkanes) is 1. The molecule has 10 nitrogen and oxygen atoms in total. The number of aliphatic hydroxyl groups excluding tert-OH is 1. The van der Waals surface area contributed by atoms with E-state index >= 15 is 0 Å². The summed E-state index contributed by atoms with van der Waals surface area (Å²) >= 11 is 0. The summed E-state index contributed by atoms with van der Waals surface area (Å²) in [4.78, 5) is 39.3. The highest BCUT2D eigenvalue weighted by atomic mass is 16.5. The molecular weight excluding hydrogens is 472 g/mol. The van der Waals surface area contributed by atoms with Crippen LogP contribution in [0, 0.1) is 5.41 Å². The monoisotopic (exact) mass is 508 g/mol. The van der Waals surface area contributed by atoms with E-state index in [-0.39, 0.29) is 23.8 Å². The van der Waals surface area contributed by atoms with Crippen LogP contribution < -0.4 is 25.2 Å². The number of hydrogen-bond donors (Lipinski definition) is 3. The van der Waals surface area contributed by atoms with Crippen LogP contribution in [-0.4, -0.2) is 66.8 Å². The van der Waals surface area contributed by atoms with Crippen LogP contribution >= 0.6 is 0 Å². The number of anilines is 4. The van der Waals surface area contributed by atoms with Gasteiger partial charge in [-0.2, -0.15) is 4.98 Å². The molecule has 0 atom stereocenters. The molecule has 0 unspecified atom stereocenters. The largest absolute Gasteiger partial charge is 0.495 e. The number of benzene rings is 1. The molecule has 1 spiro atoms. The highest BCUT2D eigenvalue weighted by Gasteiger charge is 2.55. The second kappa shape index (κ2) is 10.5. The average Bonchev–Trinajstić information content (AvgIpc) is 3.52. The van der Waals surface area contributed by atoms with Gasteiger partial charge in [-0.15, -0.1) is 0 Å². The number of methoxy groups -OCH3 is 1. The van der Waals surface area contributed by atoms with Gasteiger partial charge in [0.1, 0.15) is 11.4 Å². The SMILES string of the molecule is COc1cc(C(=O)NCCCCO)ccc1Nc1ncc2c(n1)N(C1CCCC1)CC1(CC1)C(=O)N2C. The van der Waals surface area contributed by atoms with E-state index in [1.807, 2.05) is 7.05 Å². The van der Waals surface area contributed by atoms with Gasteiger partial charge >= 0.3 is 0 Å². The number of nitrogens with zero attached hydrogens (tertiary/aromatic N) is 4. The summed E-state index contributed by atoms with van der Waals surface area (Å²) in [6, 6.07) is 5.56. The van der Waals surface area contributed by atoms with E-state index in [1.54, 1.807) is 36.4 Å². The van der Waals surface area contributed by atoms with Crippen molar-refractivity contribution in [1.82, 2.24) is 15.3 Å². The number of fused-ring (bicyclic) bond motifs is 1. The van der Waals surface area contributed by atoms with E-state index in [2.05, 4.69) is 20.5 Å². The Kier molecular flexibility index (Phi) is 7.19. The standard InChI is InChI=1S/C27H36N6O4/c1-32-21-16-29-26(30-20-10-9-18(15-22(20)37-2)24(35)28-13-5-6-14-34)31-23(21)33(19-7-3-4-8-19)17-27(11-12-27)25(32)36/h9-10,15-16,19,34H,3-8,11-14,17H2,1-2H3,(H,28,35)(H,29,30,31). The molecule has 10 heteroatoms. The quantitative estimate of drug-likeness (QED) is 0.442. The first-order valence-corrected chi connectivity index (χ1v) is 13.2. The average molecular weight is 509 g/mol. The molecule has 1 aliphatic heterocycles. The summed E-state index contributed by atoms with van der Waals surface area (Å²) in [6.07, 6.45) is 9.55. The predicted molar refractivity (Wildman–Crippen MR) is 142 cm³/mol. The Morgan fingerprint density at radius 3 is 2.73 bits per heavy atom. The van der Waals surface area contributed by atoms with Crippen LogP contribution in [0.25, 0.3) is 0 Å². The first-order chi connectivity index (χ1) is 18.0. The van der Waals surface area contributed by atoms with E-state index < -0.39 is 0 Å². The number of nitrogens with one attached hydrogen (secondary N) is 2. The van der Waals surface area contributed by atoms with E-state index in [4.69, 9.17) is 14.8 Å². The minimum Gasteiger partial charge on any atom is -0.495 e. The Bertz CT molecular complexity index is 1160. The molecular formula is C27H36N6O4. The summed E-state index contributed by atoms with van der Waals surface area (Å²) in [6.45, 7) is 1.32. The fourth-order valence-corrected chi connectivity index (χ4v) is 5.45. The number of ether oxygens (including phenoxy) is 1. The zero-order valence-electron chi connectivity index (χ0n) is 21.6. The summed E-state index contributed by atoms with van der Waals surface area (Å²) in [7, 11) is 3.38. The second-order valence-corrected chi connectivity index (χ2v) is 10.3. The van der Waals surface area contributed by atoms with Gasteiger partial charge in [-0.3, -0.25) is 9.59 Å². The Morgan fingerprint density at radius 1 is 1.24 bits per heavy atom. The molecule has 2 aliphatic carbocycles. The third-order valence-electron chi connectivity index (χ3n) is 7.81. The van der Waals surface area contributed by atoms with Gasteiger partial charge in [0, 0.05) is 38.3 Å². The summed E-state index contributed by atoms with van der Waals surface area (Å²) in [5.74, 6) is 1.66. The lowest BCUT2D eigenvalue weighted by atomic mass is 10.0. The van der Waals surface area contributed by atoms with Gasteiger partial charge in [0.05, 0.1) is 24.4 Å². The highest BCUT2D eigenvalue weighted by molar-refractivity contribution is 6.03. The third kappa shape index (κ3) is 5.07. The number of carbonyl (C=O) groups excluding carboxylic acids is 2. The predicted octanol–water partition coefficient (Wildman–Crippen LogP) is 3.24. The summed E-state index contributed by atoms with van der Waals surface area (Å²) in [5, 5.41) is 15.0. The molecule has 3 aliphatic rings. The molecule has 0 saturated heterocycles. The molecule has 1 aromatic heterocycles. The van der Waals surface area contributed by atoms with E-state index in [0.29, 0.717) is 54.9 Å². The van der Waals surface area contributed by atoms with Crippen molar-refractivity contribution in [3.05, 3.63) is 30.0 Å². The second-order valence-electron chi connectivity index (χ2n) is 10.3. The molecule has 1 aromatic carbocycles. The fraction of sp³-hybridized carbons (Fsp3) is 0.556. The first kappa shape index (κ1) is 25.3. The van der Waals surface area contributed by atoms with E-state index in [9.17, 15) is 9.59 Å². The molecule has 2 fully saturated rings. The van der Waals surface area contributed by atoms with Gasteiger partial charge in [-0.25, -0.2) is 4.98 Å². The zero-order chi connectivity index (χ0) is 26.0. The van der Waals surface area contributed by atoms with Crippen molar-refractivity contribution in [2.24, 2.45) is 5.41 Å². The summed E-state index contributed by atoms with van der Waals surface area (Å²) < 4.78 is 5.56. The number of rotatable bonds is 9. The Labute approximate surface area is 217 Å². The van der Waals surface area contributed by atoms with Gasteiger partial charge < -0.3 is 30.3 Å². The van der Waals surface area contributed by atoms with Crippen LogP contribution in [0.15, 0.2) is 24.4 Å². The highest BCUT2D eigenvalue weighted by Crippen LogP contribution is 2.52. The van der Waals surface area contributed by atoms with Gasteiger partial charge in [-0.1, -0.05) is 12.8 Å². The van der Waals surface area contributed by atoms with E-state index in [1.165, 1.54) is 12.8 Å². The first-order valence-electron chi connectivity index (χ1n) is 13.2. The number of hydrogen-bond acceptors (Lipinski definition) is 8. The lowest BCUT2D eigenvalue weighted by molar-refractivity contribution is -0.122. The Morgan fingerprint density at radius 2 is 2.03 bits per heavy atom. The summed E-state index contributed by atoms with van der Waals surface area (Å²) in [5.41, 5.74) is 1.56. The number of carbonyl (C=O) groups is 2. The maximum absolute atomic E-state index is 13.3. The fourth-order valence-electron chi connectivity index (χ4n) is 5.45. The smallest absolute Gasteiger partial charge is 0.251 e. The molecule has 37 heavy (non-hydrogen) atoms. The van der Waals surface area contributed by atoms with Crippen molar-refractivity contribution in [2.75, 3.05) is 49.0 Å². The van der Waals surface area contributed by atoms with Gasteiger partial charge in [0.2, 0.25) is 11.9 Å². The van der Waals surface area contributed by atoms with Crippen molar-refractivity contribution in [3.8, 4) is 5.75 Å². The van der Waals surface area contributed by atoms with Gasteiger partial charge in [-0.05, 0) is 56.7 Å². The molecule has 2 amide bonds. The van der Waals surface area contributed by atoms with Crippen molar-refractivity contribution in [2.45, 2.75) is 57.4 Å². The van der Waals surface area contributed by atoms with Gasteiger partial charge in [0.15, 0.2) is 5.82 Å². The molecule has 2 heterocycles. The minimum atomic E-state index is -0.302. The van der Waals surface area contributed by atoms with Crippen LogP contribution in [0.3, 0.4) is 0 Å². The molecule has 3 N–H and O–H groups in total. The van der Waals surface area contributed by atoms with Crippen LogP contribution in [0.5, 0.6) is 5.75 Å². The van der Waals surface area contributed by atoms with Crippen LogP contribution in [0.2, 0.25) is 0 Å². The zero-order valence-corrected chi connectivity index (χ0v) is 21.6. The normalized spacial score (nSPS) is 18.5. The molecule has 5 rings (SSSR count). The van der Waals surface area contributed by atoms with Crippen molar-refractivity contribution >= 4 is 35.0 Å². The number of aliphatic hydroxyl groups is 1. The third-order valence-corrected chi connectivity index (χ3v) is 7.81. The van der Waals surface area contributed by atoms with Crippen molar-refractivity contribution < 1.29 is 19.4 Å². The van der Waals surface area contributed by atoms with Crippen molar-refractivity contribution in [1.29, 1.82) is 0 Å². The molecule has 2 saturated carbocycles. The topological polar surface area (TPSA) is 120 Å². The van der Waals surface area contributed by atoms with Crippen molar-refractivity contribution in [3.63, 3.8) is 0 Å². The van der Waals surface area contributed by atoms with E-state index in [0.717, 1.165) is 37.2 Å². The maximum Gasteiger partial charge on any atom is 0.251 e. The van der Waals surface area contributed by atoms with Crippen LogP contribution in [0.1, 0.15) is 61.7 Å².